The lowest BCUT2D eigenvalue weighted by molar-refractivity contribution is -0.0501. The number of pyridine rings is 1. The summed E-state index contributed by atoms with van der Waals surface area (Å²) in [6.45, 7) is -2.91. The van der Waals surface area contributed by atoms with Crippen LogP contribution in [0.2, 0.25) is 0 Å². The Morgan fingerprint density at radius 2 is 2.00 bits per heavy atom. The first-order valence-electron chi connectivity index (χ1n) is 5.25. The fourth-order valence-corrected chi connectivity index (χ4v) is 1.78. The van der Waals surface area contributed by atoms with Crippen molar-refractivity contribution in [2.45, 2.75) is 6.61 Å². The number of hydrogen-bond acceptors (Lipinski definition) is 4. The molecular weight excluding hydrogens is 242 g/mol. The molecule has 0 aliphatic heterocycles. The van der Waals surface area contributed by atoms with E-state index in [1.54, 1.807) is 25.2 Å². The number of anilines is 1. The van der Waals surface area contributed by atoms with Crippen LogP contribution in [0.5, 0.6) is 11.5 Å². The Labute approximate surface area is 103 Å². The van der Waals surface area contributed by atoms with Crippen molar-refractivity contribution in [1.29, 1.82) is 0 Å². The molecule has 4 nitrogen and oxygen atoms in total. The van der Waals surface area contributed by atoms with Gasteiger partial charge in [0.25, 0.3) is 0 Å². The van der Waals surface area contributed by atoms with Crippen LogP contribution < -0.4 is 14.8 Å². The van der Waals surface area contributed by atoms with Gasteiger partial charge in [0.1, 0.15) is 5.82 Å². The first kappa shape index (κ1) is 12.3. The topological polar surface area (TPSA) is 43.4 Å². The molecule has 18 heavy (non-hydrogen) atoms. The molecule has 0 saturated heterocycles. The number of fused-ring (bicyclic) bond motifs is 1. The lowest BCUT2D eigenvalue weighted by Crippen LogP contribution is -2.04. The van der Waals surface area contributed by atoms with Gasteiger partial charge in [-0.15, -0.1) is 0 Å². The molecule has 6 heteroatoms. The van der Waals surface area contributed by atoms with Crippen LogP contribution in [0, 0.1) is 0 Å². The SMILES string of the molecule is CNc1nccc2c(OC(F)F)c(OC)ccc12. The summed E-state index contributed by atoms with van der Waals surface area (Å²) in [5, 5.41) is 4.11. The highest BCUT2D eigenvalue weighted by Gasteiger charge is 2.15. The second kappa shape index (κ2) is 5.03. The van der Waals surface area contributed by atoms with Crippen LogP contribution in [0.1, 0.15) is 0 Å². The van der Waals surface area contributed by atoms with Gasteiger partial charge in [0.05, 0.1) is 7.11 Å². The van der Waals surface area contributed by atoms with E-state index in [2.05, 4.69) is 15.0 Å². The van der Waals surface area contributed by atoms with E-state index in [-0.39, 0.29) is 11.5 Å². The van der Waals surface area contributed by atoms with Crippen molar-refractivity contribution in [2.24, 2.45) is 0 Å². The highest BCUT2D eigenvalue weighted by Crippen LogP contribution is 2.38. The summed E-state index contributed by atoms with van der Waals surface area (Å²) in [5.74, 6) is 0.870. The van der Waals surface area contributed by atoms with Gasteiger partial charge < -0.3 is 14.8 Å². The summed E-state index contributed by atoms with van der Waals surface area (Å²) < 4.78 is 34.4. The summed E-state index contributed by atoms with van der Waals surface area (Å²) in [5.41, 5.74) is 0. The minimum absolute atomic E-state index is 0.0175. The maximum Gasteiger partial charge on any atom is 0.387 e. The predicted molar refractivity (Wildman–Crippen MR) is 64.5 cm³/mol. The van der Waals surface area contributed by atoms with Crippen molar-refractivity contribution in [3.63, 3.8) is 0 Å². The standard InChI is InChI=1S/C12H12F2N2O2/c1-15-11-8-3-4-9(17-2)10(18-12(13)14)7(8)5-6-16-11/h3-6,12H,1-2H3,(H,15,16). The van der Waals surface area contributed by atoms with Gasteiger partial charge in [0, 0.05) is 24.0 Å². The molecule has 1 heterocycles. The van der Waals surface area contributed by atoms with Crippen molar-refractivity contribution in [3.05, 3.63) is 24.4 Å². The van der Waals surface area contributed by atoms with E-state index in [1.807, 2.05) is 0 Å². The van der Waals surface area contributed by atoms with E-state index in [0.717, 1.165) is 0 Å². The van der Waals surface area contributed by atoms with Crippen molar-refractivity contribution >= 4 is 16.6 Å². The fraction of sp³-hybridized carbons (Fsp3) is 0.250. The van der Waals surface area contributed by atoms with Gasteiger partial charge in [0.2, 0.25) is 0 Å². The zero-order valence-electron chi connectivity index (χ0n) is 9.91. The third kappa shape index (κ3) is 2.13. The highest BCUT2D eigenvalue weighted by atomic mass is 19.3. The summed E-state index contributed by atoms with van der Waals surface area (Å²) in [4.78, 5) is 4.11. The largest absolute Gasteiger partial charge is 0.493 e. The van der Waals surface area contributed by atoms with E-state index >= 15 is 0 Å². The van der Waals surface area contributed by atoms with E-state index in [0.29, 0.717) is 16.6 Å². The number of hydrogen-bond donors (Lipinski definition) is 1. The van der Waals surface area contributed by atoms with Crippen molar-refractivity contribution in [1.82, 2.24) is 4.98 Å². The number of benzene rings is 1. The Bertz CT molecular complexity index is 561. The summed E-state index contributed by atoms with van der Waals surface area (Å²) >= 11 is 0. The number of nitrogens with zero attached hydrogens (tertiary/aromatic N) is 1. The second-order valence-electron chi connectivity index (χ2n) is 3.48. The number of halogens is 2. The average molecular weight is 254 g/mol. The quantitative estimate of drug-likeness (QED) is 0.911. The molecule has 0 fully saturated rings. The third-order valence-corrected chi connectivity index (χ3v) is 2.52. The Balaban J connectivity index is 2.69. The fourth-order valence-electron chi connectivity index (χ4n) is 1.78. The first-order chi connectivity index (χ1) is 8.67. The smallest absolute Gasteiger partial charge is 0.387 e. The van der Waals surface area contributed by atoms with E-state index < -0.39 is 6.61 Å². The lowest BCUT2D eigenvalue weighted by atomic mass is 10.1. The Kier molecular flexibility index (Phi) is 3.45. The highest BCUT2D eigenvalue weighted by molar-refractivity contribution is 5.97. The minimum Gasteiger partial charge on any atom is -0.493 e. The van der Waals surface area contributed by atoms with Gasteiger partial charge in [0.15, 0.2) is 11.5 Å². The molecule has 2 rings (SSSR count). The molecule has 2 aromatic rings. The number of alkyl halides is 2. The molecule has 0 aliphatic carbocycles. The molecule has 0 unspecified atom stereocenters. The molecule has 0 aliphatic rings. The van der Waals surface area contributed by atoms with Gasteiger partial charge in [-0.25, -0.2) is 4.98 Å². The summed E-state index contributed by atoms with van der Waals surface area (Å²) in [7, 11) is 3.11. The second-order valence-corrected chi connectivity index (χ2v) is 3.48. The number of rotatable bonds is 4. The average Bonchev–Trinajstić information content (AvgIpc) is 2.37. The molecule has 0 atom stereocenters. The van der Waals surface area contributed by atoms with Gasteiger partial charge in [-0.2, -0.15) is 8.78 Å². The van der Waals surface area contributed by atoms with Gasteiger partial charge >= 0.3 is 6.61 Å². The van der Waals surface area contributed by atoms with Gasteiger partial charge in [-0.05, 0) is 18.2 Å². The van der Waals surface area contributed by atoms with Crippen LogP contribution in [-0.2, 0) is 0 Å². The van der Waals surface area contributed by atoms with Crippen LogP contribution in [0.4, 0.5) is 14.6 Å². The maximum absolute atomic E-state index is 12.4. The molecule has 96 valence electrons. The Morgan fingerprint density at radius 1 is 1.22 bits per heavy atom. The van der Waals surface area contributed by atoms with E-state index in [9.17, 15) is 8.78 Å². The Morgan fingerprint density at radius 3 is 2.61 bits per heavy atom. The summed E-state index contributed by atoms with van der Waals surface area (Å²) in [6, 6.07) is 4.92. The molecule has 1 aromatic carbocycles. The molecule has 0 saturated carbocycles. The molecule has 0 amide bonds. The third-order valence-electron chi connectivity index (χ3n) is 2.52. The zero-order chi connectivity index (χ0) is 13.1. The van der Waals surface area contributed by atoms with Gasteiger partial charge in [-0.1, -0.05) is 0 Å². The number of aromatic nitrogens is 1. The number of methoxy groups -OCH3 is 1. The molecule has 0 spiro atoms. The summed E-state index contributed by atoms with van der Waals surface area (Å²) in [6.07, 6.45) is 1.52. The molecule has 1 aromatic heterocycles. The van der Waals surface area contributed by atoms with Crippen LogP contribution in [-0.4, -0.2) is 25.8 Å². The van der Waals surface area contributed by atoms with Crippen LogP contribution in [0.25, 0.3) is 10.8 Å². The zero-order valence-corrected chi connectivity index (χ0v) is 9.91. The Hall–Kier alpha value is -2.11. The molecular formula is C12H12F2N2O2. The van der Waals surface area contributed by atoms with Crippen LogP contribution in [0.15, 0.2) is 24.4 Å². The predicted octanol–water partition coefficient (Wildman–Crippen LogP) is 2.89. The monoisotopic (exact) mass is 254 g/mol. The van der Waals surface area contributed by atoms with Crippen molar-refractivity contribution < 1.29 is 18.3 Å². The van der Waals surface area contributed by atoms with Crippen LogP contribution >= 0.6 is 0 Å². The van der Waals surface area contributed by atoms with Crippen LogP contribution in [0.3, 0.4) is 0 Å². The molecule has 0 radical (unpaired) electrons. The maximum atomic E-state index is 12.4. The van der Waals surface area contributed by atoms with E-state index in [4.69, 9.17) is 4.74 Å². The molecule has 1 N–H and O–H groups in total. The number of nitrogens with one attached hydrogen (secondary N) is 1. The van der Waals surface area contributed by atoms with Crippen molar-refractivity contribution in [3.8, 4) is 11.5 Å². The first-order valence-corrected chi connectivity index (χ1v) is 5.25. The van der Waals surface area contributed by atoms with E-state index in [1.165, 1.54) is 13.3 Å². The normalized spacial score (nSPS) is 10.7. The lowest BCUT2D eigenvalue weighted by Gasteiger charge is -2.13. The van der Waals surface area contributed by atoms with Crippen molar-refractivity contribution in [2.75, 3.05) is 19.5 Å². The van der Waals surface area contributed by atoms with Gasteiger partial charge in [-0.3, -0.25) is 0 Å². The number of ether oxygens (including phenoxy) is 2. The minimum atomic E-state index is -2.91. The molecule has 0 bridgehead atoms.